The molecule has 3 rings (SSSR count). The van der Waals surface area contributed by atoms with E-state index in [-0.39, 0.29) is 17.2 Å². The van der Waals surface area contributed by atoms with Crippen molar-refractivity contribution in [2.24, 2.45) is 0 Å². The number of ether oxygens (including phenoxy) is 1. The average Bonchev–Trinajstić information content (AvgIpc) is 3.01. The number of nitrogens with zero attached hydrogens (tertiary/aromatic N) is 1. The standard InChI is InChI=1S/C19H21FN2O5/c1-19(2,3)27-18(25)22-7-6-13(10-22)21-16(23)15-9-11-8-12(20)4-5-14(11)17(24)26-15/h4-5,8-9,13H,6-7,10H2,1-3H3,(H,21,23). The highest BCUT2D eigenvalue weighted by molar-refractivity contribution is 5.95. The second kappa shape index (κ2) is 7.02. The van der Waals surface area contributed by atoms with Crippen LogP contribution in [0.25, 0.3) is 10.8 Å². The lowest BCUT2D eigenvalue weighted by molar-refractivity contribution is 0.0290. The van der Waals surface area contributed by atoms with E-state index in [0.717, 1.165) is 6.07 Å². The summed E-state index contributed by atoms with van der Waals surface area (Å²) in [6, 6.07) is 4.67. The molecule has 7 nitrogen and oxygen atoms in total. The average molecular weight is 376 g/mol. The van der Waals surface area contributed by atoms with Crippen LogP contribution in [0.4, 0.5) is 9.18 Å². The van der Waals surface area contributed by atoms with Crippen LogP contribution < -0.4 is 10.9 Å². The Morgan fingerprint density at radius 3 is 2.74 bits per heavy atom. The van der Waals surface area contributed by atoms with E-state index in [1.807, 2.05) is 0 Å². The van der Waals surface area contributed by atoms with Gasteiger partial charge in [0.1, 0.15) is 11.4 Å². The second-order valence-electron chi connectivity index (χ2n) is 7.52. The largest absolute Gasteiger partial charge is 0.444 e. The molecule has 0 aliphatic carbocycles. The third kappa shape index (κ3) is 4.45. The number of likely N-dealkylation sites (tertiary alicyclic amines) is 1. The number of fused-ring (bicyclic) bond motifs is 1. The number of nitrogens with one attached hydrogen (secondary N) is 1. The Morgan fingerprint density at radius 2 is 2.04 bits per heavy atom. The molecule has 1 N–H and O–H groups in total. The lowest BCUT2D eigenvalue weighted by Gasteiger charge is -2.24. The van der Waals surface area contributed by atoms with Crippen molar-refractivity contribution in [2.45, 2.75) is 38.8 Å². The number of hydrogen-bond acceptors (Lipinski definition) is 5. The summed E-state index contributed by atoms with van der Waals surface area (Å²) in [5.74, 6) is -1.30. The predicted molar refractivity (Wildman–Crippen MR) is 96.1 cm³/mol. The van der Waals surface area contributed by atoms with Crippen molar-refractivity contribution in [3.05, 3.63) is 46.3 Å². The summed E-state index contributed by atoms with van der Waals surface area (Å²) in [7, 11) is 0. The van der Waals surface area contributed by atoms with Crippen LogP contribution in [-0.2, 0) is 4.74 Å². The molecule has 0 bridgehead atoms. The first-order chi connectivity index (χ1) is 12.6. The molecule has 1 fully saturated rings. The second-order valence-corrected chi connectivity index (χ2v) is 7.52. The molecule has 1 saturated heterocycles. The van der Waals surface area contributed by atoms with Crippen LogP contribution in [0.2, 0.25) is 0 Å². The molecule has 1 aromatic heterocycles. The van der Waals surface area contributed by atoms with E-state index in [0.29, 0.717) is 24.9 Å². The van der Waals surface area contributed by atoms with E-state index >= 15 is 0 Å². The first kappa shape index (κ1) is 18.9. The minimum atomic E-state index is -0.709. The molecule has 1 aliphatic rings. The molecule has 2 aromatic rings. The van der Waals surface area contributed by atoms with E-state index in [4.69, 9.17) is 9.15 Å². The van der Waals surface area contributed by atoms with Gasteiger partial charge in [-0.2, -0.15) is 0 Å². The molecule has 0 saturated carbocycles. The molecule has 27 heavy (non-hydrogen) atoms. The minimum Gasteiger partial charge on any atom is -0.444 e. The van der Waals surface area contributed by atoms with Crippen LogP contribution in [0.3, 0.4) is 0 Å². The van der Waals surface area contributed by atoms with Crippen molar-refractivity contribution >= 4 is 22.8 Å². The minimum absolute atomic E-state index is 0.199. The van der Waals surface area contributed by atoms with E-state index in [2.05, 4.69) is 5.32 Å². The highest BCUT2D eigenvalue weighted by Gasteiger charge is 2.31. The molecule has 8 heteroatoms. The summed E-state index contributed by atoms with van der Waals surface area (Å²) in [6.07, 6.45) is 0.115. The molecule has 1 aromatic carbocycles. The Bertz CT molecular complexity index is 947. The fraction of sp³-hybridized carbons (Fsp3) is 0.421. The molecule has 144 valence electrons. The summed E-state index contributed by atoms with van der Waals surface area (Å²) in [6.45, 7) is 6.10. The van der Waals surface area contributed by atoms with E-state index in [1.54, 1.807) is 20.8 Å². The van der Waals surface area contributed by atoms with Crippen molar-refractivity contribution in [3.8, 4) is 0 Å². The quantitative estimate of drug-likeness (QED) is 0.870. The van der Waals surface area contributed by atoms with Crippen LogP contribution in [0.15, 0.2) is 33.5 Å². The van der Waals surface area contributed by atoms with Crippen molar-refractivity contribution in [2.75, 3.05) is 13.1 Å². The van der Waals surface area contributed by atoms with Gasteiger partial charge in [0.05, 0.1) is 5.39 Å². The van der Waals surface area contributed by atoms with Gasteiger partial charge in [-0.25, -0.2) is 14.0 Å². The van der Waals surface area contributed by atoms with Gasteiger partial charge in [-0.3, -0.25) is 4.79 Å². The summed E-state index contributed by atoms with van der Waals surface area (Å²) < 4.78 is 23.7. The van der Waals surface area contributed by atoms with Gasteiger partial charge < -0.3 is 19.4 Å². The van der Waals surface area contributed by atoms with Gasteiger partial charge in [0.2, 0.25) is 0 Å². The van der Waals surface area contributed by atoms with Gasteiger partial charge in [0, 0.05) is 19.1 Å². The van der Waals surface area contributed by atoms with Gasteiger partial charge in [-0.1, -0.05) is 0 Å². The van der Waals surface area contributed by atoms with Gasteiger partial charge in [0.25, 0.3) is 5.91 Å². The van der Waals surface area contributed by atoms with Crippen LogP contribution >= 0.6 is 0 Å². The van der Waals surface area contributed by atoms with E-state index in [9.17, 15) is 18.8 Å². The zero-order valence-corrected chi connectivity index (χ0v) is 15.4. The van der Waals surface area contributed by atoms with Gasteiger partial charge in [-0.15, -0.1) is 0 Å². The number of carbonyl (C=O) groups is 2. The van der Waals surface area contributed by atoms with Crippen molar-refractivity contribution in [1.29, 1.82) is 0 Å². The molecular weight excluding hydrogens is 355 g/mol. The Balaban J connectivity index is 1.69. The first-order valence-corrected chi connectivity index (χ1v) is 8.64. The first-order valence-electron chi connectivity index (χ1n) is 8.64. The van der Waals surface area contributed by atoms with Crippen LogP contribution in [-0.4, -0.2) is 41.6 Å². The summed E-state index contributed by atoms with van der Waals surface area (Å²) in [5.41, 5.74) is -1.30. The Kier molecular flexibility index (Phi) is 4.91. The van der Waals surface area contributed by atoms with E-state index < -0.39 is 29.0 Å². The van der Waals surface area contributed by atoms with Crippen molar-refractivity contribution in [3.63, 3.8) is 0 Å². The van der Waals surface area contributed by atoms with Gasteiger partial charge in [-0.05, 0) is 56.8 Å². The normalized spacial score (nSPS) is 17.2. The number of amides is 2. The molecule has 1 aliphatic heterocycles. The van der Waals surface area contributed by atoms with Crippen LogP contribution in [0.1, 0.15) is 37.7 Å². The SMILES string of the molecule is CC(C)(C)OC(=O)N1CCC(NC(=O)c2cc3cc(F)ccc3c(=O)o2)C1. The Hall–Kier alpha value is -2.90. The number of benzene rings is 1. The third-order valence-corrected chi connectivity index (χ3v) is 4.12. The third-order valence-electron chi connectivity index (χ3n) is 4.12. The molecule has 0 spiro atoms. The van der Waals surface area contributed by atoms with Crippen LogP contribution in [0, 0.1) is 5.82 Å². The molecule has 0 radical (unpaired) electrons. The Morgan fingerprint density at radius 1 is 1.30 bits per heavy atom. The highest BCUT2D eigenvalue weighted by atomic mass is 19.1. The predicted octanol–water partition coefficient (Wildman–Crippen LogP) is 2.67. The summed E-state index contributed by atoms with van der Waals surface area (Å²) in [4.78, 5) is 38.0. The monoisotopic (exact) mass is 376 g/mol. The summed E-state index contributed by atoms with van der Waals surface area (Å²) in [5, 5.41) is 3.22. The van der Waals surface area contributed by atoms with E-state index in [1.165, 1.54) is 23.1 Å². The Labute approximate surface area is 155 Å². The van der Waals surface area contributed by atoms with Gasteiger partial charge >= 0.3 is 11.7 Å². The molecule has 1 unspecified atom stereocenters. The number of halogens is 1. The zero-order valence-electron chi connectivity index (χ0n) is 15.4. The topological polar surface area (TPSA) is 88.9 Å². The highest BCUT2D eigenvalue weighted by Crippen LogP contribution is 2.17. The molecule has 2 amide bonds. The zero-order chi connectivity index (χ0) is 19.8. The molecule has 2 heterocycles. The molecule has 1 atom stereocenters. The number of rotatable bonds is 2. The van der Waals surface area contributed by atoms with Crippen molar-refractivity contribution < 1.29 is 23.1 Å². The maximum atomic E-state index is 13.4. The number of carbonyl (C=O) groups excluding carboxylic acids is 2. The summed E-state index contributed by atoms with van der Waals surface area (Å²) >= 11 is 0. The molecular formula is C19H21FN2O5. The maximum absolute atomic E-state index is 13.4. The lowest BCUT2D eigenvalue weighted by Crippen LogP contribution is -2.40. The fourth-order valence-electron chi connectivity index (χ4n) is 2.90. The maximum Gasteiger partial charge on any atom is 0.410 e. The van der Waals surface area contributed by atoms with Crippen LogP contribution in [0.5, 0.6) is 0 Å². The number of hydrogen-bond donors (Lipinski definition) is 1. The fourth-order valence-corrected chi connectivity index (χ4v) is 2.90. The lowest BCUT2D eigenvalue weighted by atomic mass is 10.1. The van der Waals surface area contributed by atoms with Gasteiger partial charge in [0.15, 0.2) is 5.76 Å². The smallest absolute Gasteiger partial charge is 0.410 e. The van der Waals surface area contributed by atoms with Crippen molar-refractivity contribution in [1.82, 2.24) is 10.2 Å².